The molecule has 6 rings (SSSR count). The van der Waals surface area contributed by atoms with Crippen LogP contribution in [0.1, 0.15) is 27.3 Å². The highest BCUT2D eigenvalue weighted by atomic mass is 32.1. The van der Waals surface area contributed by atoms with Gasteiger partial charge in [0.15, 0.2) is 0 Å². The molecule has 0 radical (unpaired) electrons. The van der Waals surface area contributed by atoms with E-state index in [1.807, 2.05) is 51.4 Å². The van der Waals surface area contributed by atoms with Crippen molar-refractivity contribution in [2.45, 2.75) is 38.3 Å². The third-order valence-electron chi connectivity index (χ3n) is 8.23. The summed E-state index contributed by atoms with van der Waals surface area (Å²) in [5.74, 6) is 0. The first kappa shape index (κ1) is 32.3. The third kappa shape index (κ3) is 7.67. The number of likely N-dealkylation sites (N-methyl/N-ethyl adjacent to an activating group) is 3. The number of nitrogens with one attached hydrogen (secondary N) is 2. The number of fused-ring (bicyclic) bond motifs is 4. The molecule has 4 aromatic rings. The van der Waals surface area contributed by atoms with Gasteiger partial charge in [-0.05, 0) is 87.2 Å². The zero-order chi connectivity index (χ0) is 30.8. The molecule has 1 aliphatic carbocycles. The van der Waals surface area contributed by atoms with Gasteiger partial charge in [0, 0.05) is 61.3 Å². The minimum Gasteiger partial charge on any atom is -0.388 e. The van der Waals surface area contributed by atoms with Crippen LogP contribution in [0.25, 0.3) is 16.9 Å². The van der Waals surface area contributed by atoms with E-state index < -0.39 is 0 Å². The number of aldehydes is 1. The summed E-state index contributed by atoms with van der Waals surface area (Å²) in [5, 5.41) is 13.7. The second-order valence-corrected chi connectivity index (χ2v) is 12.0. The average molecular weight is 601 g/mol. The number of rotatable bonds is 9. The molecule has 9 heteroatoms. The Balaban J connectivity index is 0.000000235. The van der Waals surface area contributed by atoms with Gasteiger partial charge in [-0.2, -0.15) is 5.10 Å². The molecule has 0 bridgehead atoms. The maximum absolute atomic E-state index is 10.7. The lowest BCUT2D eigenvalue weighted by atomic mass is 9.94. The highest BCUT2D eigenvalue weighted by molar-refractivity contribution is 7.10. The smallest absolute Gasteiger partial charge is 0.137 e. The summed E-state index contributed by atoms with van der Waals surface area (Å²) in [6, 6.07) is 19.2. The average Bonchev–Trinajstić information content (AvgIpc) is 3.68. The van der Waals surface area contributed by atoms with Gasteiger partial charge in [0.1, 0.15) is 13.1 Å². The van der Waals surface area contributed by atoms with E-state index >= 15 is 0 Å². The van der Waals surface area contributed by atoms with E-state index in [1.54, 1.807) is 0 Å². The van der Waals surface area contributed by atoms with E-state index in [4.69, 9.17) is 9.89 Å². The van der Waals surface area contributed by atoms with E-state index in [0.29, 0.717) is 0 Å². The zero-order valence-electron chi connectivity index (χ0n) is 25.8. The second-order valence-electron chi connectivity index (χ2n) is 11.0. The van der Waals surface area contributed by atoms with Crippen molar-refractivity contribution in [2.24, 2.45) is 0 Å². The molecule has 2 aromatic heterocycles. The van der Waals surface area contributed by atoms with Gasteiger partial charge in [0.2, 0.25) is 0 Å². The number of nitrogens with zero attached hydrogens (tertiary/aromatic N) is 4. The molecule has 0 saturated heterocycles. The fourth-order valence-corrected chi connectivity index (χ4v) is 6.60. The van der Waals surface area contributed by atoms with E-state index in [2.05, 4.69) is 80.0 Å². The fraction of sp³-hybridized carbons (Fsp3) is 0.382. The highest BCUT2D eigenvalue weighted by Gasteiger charge is 2.26. The number of hydrogen-bond donors (Lipinski definition) is 2. The van der Waals surface area contributed by atoms with Crippen LogP contribution in [-0.4, -0.2) is 86.5 Å². The monoisotopic (exact) mass is 600 g/mol. The summed E-state index contributed by atoms with van der Waals surface area (Å²) in [5.41, 5.74) is 10.3. The molecular formula is C34H44N6O2S. The molecule has 1 unspecified atom stereocenters. The fourth-order valence-electron chi connectivity index (χ4n) is 5.72. The quantitative estimate of drug-likeness (QED) is 0.274. The Bertz CT molecular complexity index is 1460. The van der Waals surface area contributed by atoms with Gasteiger partial charge in [-0.25, -0.2) is 4.68 Å². The number of hydrogen-bond acceptors (Lipinski definition) is 8. The standard InChI is InChI=1S/C22H29N5S.C11H13NO.CH2O/c1-23-12-14-26(3)13-10-20-18-8-9-21-19(11-15-28-21)22(18)27(25-20)17-6-4-16(24-2)5-7-17;1-12-7-10-5-3-2-4-9(10)6-11(12)8-13;1-2/h4-7,11,15,23-24H,8-10,12-14H2,1-3H3;2-5,8,11H,6-7H2,1H3;1H2. The van der Waals surface area contributed by atoms with Crippen LogP contribution in [0.4, 0.5) is 5.69 Å². The largest absolute Gasteiger partial charge is 0.388 e. The lowest BCUT2D eigenvalue weighted by molar-refractivity contribution is -0.112. The van der Waals surface area contributed by atoms with Crippen molar-refractivity contribution in [1.29, 1.82) is 0 Å². The second kappa shape index (κ2) is 15.7. The molecule has 2 N–H and O–H groups in total. The van der Waals surface area contributed by atoms with E-state index in [1.165, 1.54) is 38.5 Å². The van der Waals surface area contributed by atoms with E-state index in [9.17, 15) is 4.79 Å². The minimum absolute atomic E-state index is 0.0647. The number of benzene rings is 2. The molecule has 3 heterocycles. The molecule has 0 amide bonds. The Morgan fingerprint density at radius 1 is 1.05 bits per heavy atom. The van der Waals surface area contributed by atoms with Crippen LogP contribution in [0.5, 0.6) is 0 Å². The van der Waals surface area contributed by atoms with Gasteiger partial charge >= 0.3 is 0 Å². The van der Waals surface area contributed by atoms with Crippen molar-refractivity contribution in [3.8, 4) is 16.9 Å². The molecule has 228 valence electrons. The predicted molar refractivity (Wildman–Crippen MR) is 178 cm³/mol. The van der Waals surface area contributed by atoms with Crippen LogP contribution < -0.4 is 10.6 Å². The van der Waals surface area contributed by atoms with Gasteiger partial charge in [0.05, 0.1) is 23.1 Å². The molecule has 0 fully saturated rings. The lowest BCUT2D eigenvalue weighted by Gasteiger charge is -2.30. The topological polar surface area (TPSA) is 82.5 Å². The Kier molecular flexibility index (Phi) is 11.8. The number of carbonyl (C=O) groups excluding carboxylic acids is 2. The van der Waals surface area contributed by atoms with Crippen LogP contribution >= 0.6 is 11.3 Å². The Morgan fingerprint density at radius 3 is 2.49 bits per heavy atom. The lowest BCUT2D eigenvalue weighted by Crippen LogP contribution is -2.38. The molecule has 43 heavy (non-hydrogen) atoms. The first-order valence-electron chi connectivity index (χ1n) is 14.8. The SMILES string of the molecule is C=O.CN1Cc2ccccc2CC1C=O.CNCCN(C)CCc1nn(-c2ccc(NC)cc2)c2c1CCc1sccc1-2. The van der Waals surface area contributed by atoms with Crippen molar-refractivity contribution in [1.82, 2.24) is 24.9 Å². The van der Waals surface area contributed by atoms with Crippen molar-refractivity contribution in [3.05, 3.63) is 87.2 Å². The summed E-state index contributed by atoms with van der Waals surface area (Å²) in [6.45, 7) is 5.98. The maximum atomic E-state index is 10.7. The Morgan fingerprint density at radius 2 is 1.79 bits per heavy atom. The number of carbonyl (C=O) groups is 2. The summed E-state index contributed by atoms with van der Waals surface area (Å²) in [4.78, 5) is 24.7. The van der Waals surface area contributed by atoms with Crippen molar-refractivity contribution < 1.29 is 9.59 Å². The summed E-state index contributed by atoms with van der Waals surface area (Å²) < 4.78 is 2.17. The first-order valence-corrected chi connectivity index (χ1v) is 15.7. The number of thiophene rings is 1. The molecule has 1 aliphatic heterocycles. The summed E-state index contributed by atoms with van der Waals surface area (Å²) in [6.07, 6.45) is 5.11. The zero-order valence-corrected chi connectivity index (χ0v) is 26.6. The first-order chi connectivity index (χ1) is 21.0. The molecule has 1 atom stereocenters. The number of aryl methyl sites for hydroxylation is 1. The summed E-state index contributed by atoms with van der Waals surface area (Å²) in [7, 11) is 8.14. The van der Waals surface area contributed by atoms with Gasteiger partial charge in [-0.3, -0.25) is 4.90 Å². The van der Waals surface area contributed by atoms with Crippen molar-refractivity contribution in [2.75, 3.05) is 53.1 Å². The van der Waals surface area contributed by atoms with E-state index in [0.717, 1.165) is 69.5 Å². The molecular weight excluding hydrogens is 556 g/mol. The van der Waals surface area contributed by atoms with Crippen LogP contribution in [0.15, 0.2) is 60.0 Å². The van der Waals surface area contributed by atoms with Gasteiger partial charge in [0.25, 0.3) is 0 Å². The van der Waals surface area contributed by atoms with Crippen LogP contribution in [0, 0.1) is 0 Å². The molecule has 2 aromatic carbocycles. The molecule has 8 nitrogen and oxygen atoms in total. The van der Waals surface area contributed by atoms with Gasteiger partial charge in [-0.15, -0.1) is 11.3 Å². The third-order valence-corrected chi connectivity index (χ3v) is 9.21. The Labute approximate surface area is 259 Å². The minimum atomic E-state index is 0.0647. The number of aromatic nitrogens is 2. The van der Waals surface area contributed by atoms with Crippen LogP contribution in [0.2, 0.25) is 0 Å². The molecule has 2 aliphatic rings. The normalized spacial score (nSPS) is 15.2. The predicted octanol–water partition coefficient (Wildman–Crippen LogP) is 4.49. The van der Waals surface area contributed by atoms with E-state index in [-0.39, 0.29) is 6.04 Å². The highest BCUT2D eigenvalue weighted by Crippen LogP contribution is 2.39. The van der Waals surface area contributed by atoms with Crippen LogP contribution in [-0.2, 0) is 41.8 Å². The summed E-state index contributed by atoms with van der Waals surface area (Å²) >= 11 is 1.87. The maximum Gasteiger partial charge on any atom is 0.137 e. The van der Waals surface area contributed by atoms with Crippen LogP contribution in [0.3, 0.4) is 0 Å². The van der Waals surface area contributed by atoms with Gasteiger partial charge in [-0.1, -0.05) is 24.3 Å². The molecule has 0 saturated carbocycles. The van der Waals surface area contributed by atoms with Crippen molar-refractivity contribution in [3.63, 3.8) is 0 Å². The number of anilines is 1. The van der Waals surface area contributed by atoms with Gasteiger partial charge < -0.3 is 25.1 Å². The Hall–Kier alpha value is -3.63. The van der Waals surface area contributed by atoms with Crippen molar-refractivity contribution >= 4 is 30.1 Å². The molecule has 0 spiro atoms.